The van der Waals surface area contributed by atoms with E-state index in [0.717, 1.165) is 12.8 Å². The molecule has 148 valence electrons. The van der Waals surface area contributed by atoms with Crippen LogP contribution in [0.4, 0.5) is 0 Å². The minimum Gasteiger partial charge on any atom is -0.493 e. The number of carbonyl (C=O) groups excluding carboxylic acids is 1. The van der Waals surface area contributed by atoms with Crippen LogP contribution in [0.5, 0.6) is 11.5 Å². The fourth-order valence-corrected chi connectivity index (χ4v) is 3.41. The molecule has 6 heteroatoms. The molecule has 0 radical (unpaired) electrons. The molecule has 0 bridgehead atoms. The first-order valence-corrected chi connectivity index (χ1v) is 9.45. The van der Waals surface area contributed by atoms with Crippen LogP contribution in [-0.2, 0) is 4.79 Å². The van der Waals surface area contributed by atoms with Crippen molar-refractivity contribution in [3.63, 3.8) is 0 Å². The monoisotopic (exact) mass is 382 g/mol. The van der Waals surface area contributed by atoms with E-state index < -0.39 is 0 Å². The highest BCUT2D eigenvalue weighted by Crippen LogP contribution is 2.33. The standard InChI is InChI=1S/C22H26N2O4/c1-16-10-13-23(14-11-16)22(26)18(24-12-5-4-9-20(24)25)15-17-7-6-8-19(27-2)21(17)28-3/h4-9,12,15-16H,10-11,13-14H2,1-3H3/b18-15+. The van der Waals surface area contributed by atoms with Gasteiger partial charge in [0.15, 0.2) is 11.5 Å². The molecule has 0 atom stereocenters. The number of pyridine rings is 1. The molecule has 0 unspecified atom stereocenters. The number of ether oxygens (including phenoxy) is 2. The van der Waals surface area contributed by atoms with Gasteiger partial charge in [-0.25, -0.2) is 0 Å². The molecule has 1 aliphatic heterocycles. The van der Waals surface area contributed by atoms with Crippen LogP contribution in [0.1, 0.15) is 25.3 Å². The number of methoxy groups -OCH3 is 2. The Labute approximate surface area is 165 Å². The summed E-state index contributed by atoms with van der Waals surface area (Å²) in [5.41, 5.74) is 0.715. The molecule has 0 saturated carbocycles. The van der Waals surface area contributed by atoms with E-state index in [1.165, 1.54) is 10.6 Å². The minimum absolute atomic E-state index is 0.162. The van der Waals surface area contributed by atoms with Gasteiger partial charge in [-0.05, 0) is 37.0 Å². The van der Waals surface area contributed by atoms with Crippen LogP contribution >= 0.6 is 0 Å². The van der Waals surface area contributed by atoms with Gasteiger partial charge >= 0.3 is 0 Å². The fraction of sp³-hybridized carbons (Fsp3) is 0.364. The third-order valence-electron chi connectivity index (χ3n) is 5.10. The number of piperidine rings is 1. The van der Waals surface area contributed by atoms with E-state index in [-0.39, 0.29) is 11.5 Å². The Morgan fingerprint density at radius 1 is 1.07 bits per heavy atom. The zero-order valence-corrected chi connectivity index (χ0v) is 16.6. The third kappa shape index (κ3) is 4.11. The summed E-state index contributed by atoms with van der Waals surface area (Å²) in [4.78, 5) is 27.6. The van der Waals surface area contributed by atoms with E-state index in [2.05, 4.69) is 6.92 Å². The number of rotatable bonds is 5. The van der Waals surface area contributed by atoms with E-state index in [0.29, 0.717) is 41.8 Å². The molecule has 1 fully saturated rings. The molecule has 1 aromatic heterocycles. The maximum Gasteiger partial charge on any atom is 0.270 e. The van der Waals surface area contributed by atoms with Gasteiger partial charge < -0.3 is 14.4 Å². The quantitative estimate of drug-likeness (QED) is 0.746. The Morgan fingerprint density at radius 2 is 1.82 bits per heavy atom. The molecule has 2 aromatic rings. The van der Waals surface area contributed by atoms with Crippen LogP contribution in [0.25, 0.3) is 11.8 Å². The smallest absolute Gasteiger partial charge is 0.270 e. The molecule has 0 spiro atoms. The van der Waals surface area contributed by atoms with Crippen LogP contribution in [0.15, 0.2) is 47.4 Å². The van der Waals surface area contributed by atoms with Gasteiger partial charge in [-0.2, -0.15) is 0 Å². The molecular weight excluding hydrogens is 356 g/mol. The zero-order chi connectivity index (χ0) is 20.1. The Bertz CT molecular complexity index is 924. The van der Waals surface area contributed by atoms with Gasteiger partial charge in [-0.15, -0.1) is 0 Å². The first kappa shape index (κ1) is 19.7. The number of para-hydroxylation sites is 1. The van der Waals surface area contributed by atoms with Crippen molar-refractivity contribution in [3.8, 4) is 11.5 Å². The Hall–Kier alpha value is -3.02. The molecule has 2 heterocycles. The predicted molar refractivity (Wildman–Crippen MR) is 109 cm³/mol. The summed E-state index contributed by atoms with van der Waals surface area (Å²) in [5.74, 6) is 1.53. The van der Waals surface area contributed by atoms with Gasteiger partial charge in [0.25, 0.3) is 11.5 Å². The highest BCUT2D eigenvalue weighted by Gasteiger charge is 2.25. The molecular formula is C22H26N2O4. The SMILES string of the molecule is COc1cccc(/C=C(\C(=O)N2CCC(C)CC2)n2ccccc2=O)c1OC. The van der Waals surface area contributed by atoms with Crippen LogP contribution in [0.3, 0.4) is 0 Å². The lowest BCUT2D eigenvalue weighted by Gasteiger charge is -2.31. The van der Waals surface area contributed by atoms with E-state index in [4.69, 9.17) is 9.47 Å². The van der Waals surface area contributed by atoms with Gasteiger partial charge in [0, 0.05) is 30.9 Å². The average Bonchev–Trinajstić information content (AvgIpc) is 2.72. The number of hydrogen-bond donors (Lipinski definition) is 0. The summed E-state index contributed by atoms with van der Waals surface area (Å²) in [6, 6.07) is 10.3. The van der Waals surface area contributed by atoms with Crippen LogP contribution in [0.2, 0.25) is 0 Å². The maximum atomic E-state index is 13.3. The molecule has 28 heavy (non-hydrogen) atoms. The highest BCUT2D eigenvalue weighted by molar-refractivity contribution is 6.18. The van der Waals surface area contributed by atoms with Crippen molar-refractivity contribution in [2.75, 3.05) is 27.3 Å². The predicted octanol–water partition coefficient (Wildman–Crippen LogP) is 3.12. The lowest BCUT2D eigenvalue weighted by molar-refractivity contribution is -0.126. The summed E-state index contributed by atoms with van der Waals surface area (Å²) < 4.78 is 12.2. The number of carbonyl (C=O) groups is 1. The molecule has 0 N–H and O–H groups in total. The van der Waals surface area contributed by atoms with Crippen LogP contribution < -0.4 is 15.0 Å². The second-order valence-electron chi connectivity index (χ2n) is 7.00. The molecule has 1 aliphatic rings. The lowest BCUT2D eigenvalue weighted by Crippen LogP contribution is -2.40. The number of aromatic nitrogens is 1. The number of hydrogen-bond acceptors (Lipinski definition) is 4. The van der Waals surface area contributed by atoms with Crippen LogP contribution in [0, 0.1) is 5.92 Å². The summed E-state index contributed by atoms with van der Waals surface area (Å²) in [6.07, 6.45) is 5.24. The Balaban J connectivity index is 2.10. The average molecular weight is 382 g/mol. The summed E-state index contributed by atoms with van der Waals surface area (Å²) >= 11 is 0. The normalized spacial score (nSPS) is 15.4. The first-order chi connectivity index (χ1) is 13.5. The molecule has 6 nitrogen and oxygen atoms in total. The van der Waals surface area contributed by atoms with Crippen molar-refractivity contribution in [2.24, 2.45) is 5.92 Å². The highest BCUT2D eigenvalue weighted by atomic mass is 16.5. The molecule has 0 aliphatic carbocycles. The topological polar surface area (TPSA) is 60.8 Å². The fourth-order valence-electron chi connectivity index (χ4n) is 3.41. The number of amides is 1. The van der Waals surface area contributed by atoms with E-state index in [1.807, 2.05) is 17.0 Å². The van der Waals surface area contributed by atoms with Crippen molar-refractivity contribution in [1.82, 2.24) is 9.47 Å². The summed E-state index contributed by atoms with van der Waals surface area (Å²) in [5, 5.41) is 0. The Kier molecular flexibility index (Phi) is 6.19. The molecule has 1 amide bonds. The third-order valence-corrected chi connectivity index (χ3v) is 5.10. The molecule has 1 saturated heterocycles. The van der Waals surface area contributed by atoms with Gasteiger partial charge in [0.2, 0.25) is 0 Å². The van der Waals surface area contributed by atoms with E-state index in [1.54, 1.807) is 44.7 Å². The number of benzene rings is 1. The van der Waals surface area contributed by atoms with Gasteiger partial charge in [0.05, 0.1) is 14.2 Å². The minimum atomic E-state index is -0.255. The van der Waals surface area contributed by atoms with Crippen molar-refractivity contribution < 1.29 is 14.3 Å². The number of nitrogens with zero attached hydrogens (tertiary/aromatic N) is 2. The molecule has 1 aromatic carbocycles. The van der Waals surface area contributed by atoms with Gasteiger partial charge in [-0.1, -0.05) is 25.1 Å². The van der Waals surface area contributed by atoms with E-state index >= 15 is 0 Å². The molecule has 3 rings (SSSR count). The largest absolute Gasteiger partial charge is 0.493 e. The van der Waals surface area contributed by atoms with E-state index in [9.17, 15) is 9.59 Å². The second kappa shape index (κ2) is 8.78. The van der Waals surface area contributed by atoms with Crippen molar-refractivity contribution in [3.05, 3.63) is 58.5 Å². The van der Waals surface area contributed by atoms with Crippen molar-refractivity contribution in [1.29, 1.82) is 0 Å². The second-order valence-corrected chi connectivity index (χ2v) is 7.00. The van der Waals surface area contributed by atoms with Crippen LogP contribution in [-0.4, -0.2) is 42.7 Å². The van der Waals surface area contributed by atoms with Crippen molar-refractivity contribution >= 4 is 17.7 Å². The summed E-state index contributed by atoms with van der Waals surface area (Å²) in [6.45, 7) is 3.57. The number of likely N-dealkylation sites (tertiary alicyclic amines) is 1. The Morgan fingerprint density at radius 3 is 2.46 bits per heavy atom. The van der Waals surface area contributed by atoms with Crippen molar-refractivity contribution in [2.45, 2.75) is 19.8 Å². The summed E-state index contributed by atoms with van der Waals surface area (Å²) in [7, 11) is 3.12. The maximum absolute atomic E-state index is 13.3. The zero-order valence-electron chi connectivity index (χ0n) is 16.6. The van der Waals surface area contributed by atoms with Gasteiger partial charge in [-0.3, -0.25) is 14.2 Å². The van der Waals surface area contributed by atoms with Gasteiger partial charge in [0.1, 0.15) is 5.70 Å². The first-order valence-electron chi connectivity index (χ1n) is 9.45. The lowest BCUT2D eigenvalue weighted by atomic mass is 9.99.